The van der Waals surface area contributed by atoms with Gasteiger partial charge in [0, 0.05) is 18.1 Å². The highest BCUT2D eigenvalue weighted by Crippen LogP contribution is 2.38. The average molecular weight is 457 g/mol. The number of benzene rings is 2. The minimum atomic E-state index is -1.01. The third-order valence-electron chi connectivity index (χ3n) is 5.17. The lowest BCUT2D eigenvalue weighted by atomic mass is 10.0. The van der Waals surface area contributed by atoms with Gasteiger partial charge in [0.05, 0.1) is 21.9 Å². The number of aromatic nitrogens is 3. The zero-order chi connectivity index (χ0) is 21.5. The number of rotatable bonds is 3. The number of carbonyl (C=O) groups is 1. The molecule has 4 aromatic rings. The van der Waals surface area contributed by atoms with Crippen LogP contribution in [0.4, 0.5) is 14.5 Å². The summed E-state index contributed by atoms with van der Waals surface area (Å²) >= 11 is 6.93. The van der Waals surface area contributed by atoms with Crippen molar-refractivity contribution < 1.29 is 13.6 Å². The van der Waals surface area contributed by atoms with E-state index in [0.717, 1.165) is 46.8 Å². The van der Waals surface area contributed by atoms with Gasteiger partial charge in [-0.2, -0.15) is 0 Å². The predicted molar refractivity (Wildman–Crippen MR) is 116 cm³/mol. The van der Waals surface area contributed by atoms with Crippen LogP contribution < -0.4 is 5.32 Å². The molecule has 2 heterocycles. The summed E-state index contributed by atoms with van der Waals surface area (Å²) in [6.07, 6.45) is 7.81. The third-order valence-corrected chi connectivity index (χ3v) is 6.60. The molecule has 5 nitrogen and oxygen atoms in total. The van der Waals surface area contributed by atoms with Crippen LogP contribution in [0.5, 0.6) is 0 Å². The van der Waals surface area contributed by atoms with Gasteiger partial charge < -0.3 is 9.88 Å². The third kappa shape index (κ3) is 3.62. The number of halogens is 3. The van der Waals surface area contributed by atoms with Gasteiger partial charge >= 0.3 is 0 Å². The van der Waals surface area contributed by atoms with Crippen LogP contribution in [-0.2, 0) is 12.8 Å². The van der Waals surface area contributed by atoms with Gasteiger partial charge in [-0.25, -0.2) is 18.7 Å². The monoisotopic (exact) mass is 456 g/mol. The second-order valence-electron chi connectivity index (χ2n) is 7.13. The minimum Gasteiger partial charge on any atom is -0.315 e. The van der Waals surface area contributed by atoms with Crippen molar-refractivity contribution in [2.75, 3.05) is 5.32 Å². The van der Waals surface area contributed by atoms with Crippen LogP contribution in [0.15, 0.2) is 49.1 Å². The largest absolute Gasteiger partial charge is 0.315 e. The van der Waals surface area contributed by atoms with Crippen molar-refractivity contribution in [3.05, 3.63) is 82.0 Å². The van der Waals surface area contributed by atoms with E-state index in [1.54, 1.807) is 12.5 Å². The summed E-state index contributed by atoms with van der Waals surface area (Å²) < 4.78 is 30.1. The van der Waals surface area contributed by atoms with Crippen molar-refractivity contribution in [3.8, 4) is 16.1 Å². The first-order valence-electron chi connectivity index (χ1n) is 9.57. The minimum absolute atomic E-state index is 0.143. The molecular formula is C22H15ClF2N4OS. The summed E-state index contributed by atoms with van der Waals surface area (Å²) in [7, 11) is 0. The molecule has 0 saturated carbocycles. The van der Waals surface area contributed by atoms with Gasteiger partial charge in [0.25, 0.3) is 5.91 Å². The maximum absolute atomic E-state index is 14.2. The van der Waals surface area contributed by atoms with Crippen LogP contribution in [0.3, 0.4) is 0 Å². The van der Waals surface area contributed by atoms with Gasteiger partial charge in [0.2, 0.25) is 0 Å². The van der Waals surface area contributed by atoms with Gasteiger partial charge in [-0.05, 0) is 54.7 Å². The molecule has 0 fully saturated rings. The van der Waals surface area contributed by atoms with Crippen molar-refractivity contribution in [1.82, 2.24) is 14.5 Å². The first kappa shape index (κ1) is 19.8. The quantitative estimate of drug-likeness (QED) is 0.404. The van der Waals surface area contributed by atoms with Crippen LogP contribution in [-0.4, -0.2) is 20.4 Å². The maximum Gasteiger partial charge on any atom is 0.284 e. The van der Waals surface area contributed by atoms with E-state index in [1.807, 2.05) is 16.8 Å². The van der Waals surface area contributed by atoms with Crippen molar-refractivity contribution in [3.63, 3.8) is 0 Å². The van der Waals surface area contributed by atoms with Crippen LogP contribution in [0.1, 0.15) is 27.5 Å². The summed E-state index contributed by atoms with van der Waals surface area (Å²) in [5, 5.41) is 2.15. The van der Waals surface area contributed by atoms with Gasteiger partial charge in [-0.15, -0.1) is 11.3 Å². The number of fused-ring (bicyclic) bond motifs is 3. The van der Waals surface area contributed by atoms with E-state index in [2.05, 4.69) is 27.4 Å². The molecule has 1 amide bonds. The molecule has 1 aliphatic carbocycles. The number of anilines is 1. The lowest BCUT2D eigenvalue weighted by molar-refractivity contribution is 0.102. The Morgan fingerprint density at radius 1 is 1.19 bits per heavy atom. The van der Waals surface area contributed by atoms with Crippen molar-refractivity contribution in [2.24, 2.45) is 0 Å². The molecule has 1 aliphatic rings. The molecule has 156 valence electrons. The molecule has 2 aromatic carbocycles. The fourth-order valence-corrected chi connectivity index (χ4v) is 4.87. The Morgan fingerprint density at radius 2 is 2.06 bits per heavy atom. The Balaban J connectivity index is 1.52. The van der Waals surface area contributed by atoms with Gasteiger partial charge in [-0.3, -0.25) is 4.79 Å². The Hall–Kier alpha value is -3.10. The molecule has 31 heavy (non-hydrogen) atoms. The molecule has 0 radical (unpaired) electrons. The normalized spacial score (nSPS) is 12.7. The average Bonchev–Trinajstić information content (AvgIpc) is 3.42. The molecule has 1 N–H and O–H groups in total. The lowest BCUT2D eigenvalue weighted by Crippen LogP contribution is -2.14. The lowest BCUT2D eigenvalue weighted by Gasteiger charge is -2.09. The van der Waals surface area contributed by atoms with Crippen molar-refractivity contribution in [1.29, 1.82) is 0 Å². The number of imidazole rings is 1. The first-order valence-corrected chi connectivity index (χ1v) is 10.8. The Morgan fingerprint density at radius 3 is 2.87 bits per heavy atom. The highest BCUT2D eigenvalue weighted by molar-refractivity contribution is 7.17. The fraction of sp³-hybridized carbons (Fsp3) is 0.136. The molecule has 0 bridgehead atoms. The van der Waals surface area contributed by atoms with E-state index in [-0.39, 0.29) is 10.0 Å². The van der Waals surface area contributed by atoms with Gasteiger partial charge in [0.1, 0.15) is 11.5 Å². The van der Waals surface area contributed by atoms with Gasteiger partial charge in [0.15, 0.2) is 10.8 Å². The molecule has 0 aliphatic heterocycles. The topological polar surface area (TPSA) is 59.8 Å². The molecule has 5 rings (SSSR count). The summed E-state index contributed by atoms with van der Waals surface area (Å²) in [6.45, 7) is 0. The van der Waals surface area contributed by atoms with E-state index in [0.29, 0.717) is 6.42 Å². The summed E-state index contributed by atoms with van der Waals surface area (Å²) in [5.74, 6) is -2.59. The molecule has 9 heteroatoms. The summed E-state index contributed by atoms with van der Waals surface area (Å²) in [6, 6.07) is 8.27. The number of carbonyl (C=O) groups excluding carboxylic acids is 1. The molecule has 0 spiro atoms. The number of hydrogen-bond acceptors (Lipinski definition) is 4. The zero-order valence-electron chi connectivity index (χ0n) is 16.0. The van der Waals surface area contributed by atoms with Crippen LogP contribution in [0, 0.1) is 11.6 Å². The second kappa shape index (κ2) is 7.86. The summed E-state index contributed by atoms with van der Waals surface area (Å²) in [5.41, 5.74) is 3.36. The van der Waals surface area contributed by atoms with Crippen molar-refractivity contribution >= 4 is 34.5 Å². The number of nitrogens with one attached hydrogen (secondary N) is 1. The Kier molecular flexibility index (Phi) is 5.03. The highest BCUT2D eigenvalue weighted by Gasteiger charge is 2.24. The number of aryl methyl sites for hydroxylation is 2. The first-order chi connectivity index (χ1) is 15.0. The smallest absolute Gasteiger partial charge is 0.284 e. The SMILES string of the molecule is O=C(Nc1c(F)ccc(Cl)c1F)c1nc2c(s1)-c1cc(-n3ccnc3)ccc1CCC2. The molecule has 0 atom stereocenters. The second-order valence-corrected chi connectivity index (χ2v) is 8.54. The van der Waals surface area contributed by atoms with Crippen LogP contribution in [0.25, 0.3) is 16.1 Å². The van der Waals surface area contributed by atoms with E-state index in [1.165, 1.54) is 16.9 Å². The molecular weight excluding hydrogens is 442 g/mol. The van der Waals surface area contributed by atoms with E-state index < -0.39 is 23.2 Å². The van der Waals surface area contributed by atoms with E-state index in [4.69, 9.17) is 11.6 Å². The summed E-state index contributed by atoms with van der Waals surface area (Å²) in [4.78, 5) is 22.2. The van der Waals surface area contributed by atoms with Crippen LogP contribution in [0.2, 0.25) is 5.02 Å². The number of amides is 1. The van der Waals surface area contributed by atoms with E-state index >= 15 is 0 Å². The predicted octanol–water partition coefficient (Wildman–Crippen LogP) is 5.67. The highest BCUT2D eigenvalue weighted by atomic mass is 35.5. The zero-order valence-corrected chi connectivity index (χ0v) is 17.6. The van der Waals surface area contributed by atoms with Crippen molar-refractivity contribution in [2.45, 2.75) is 19.3 Å². The van der Waals surface area contributed by atoms with Crippen LogP contribution >= 0.6 is 22.9 Å². The maximum atomic E-state index is 14.2. The molecule has 2 aromatic heterocycles. The number of hydrogen-bond donors (Lipinski definition) is 1. The number of thiazole rings is 1. The number of nitrogens with zero attached hydrogens (tertiary/aromatic N) is 3. The van der Waals surface area contributed by atoms with E-state index in [9.17, 15) is 13.6 Å². The molecule has 0 saturated heterocycles. The Labute approximate surface area is 185 Å². The Bertz CT molecular complexity index is 1300. The fourth-order valence-electron chi connectivity index (χ4n) is 3.65. The molecule has 0 unspecified atom stereocenters. The standard InChI is InChI=1S/C22H15ClF2N4OS/c23-15-6-7-16(24)19(18(15)25)28-21(30)22-27-17-3-1-2-12-4-5-13(29-9-8-26-11-29)10-14(12)20(17)31-22/h4-11H,1-3H2,(H,28,30). The van der Waals surface area contributed by atoms with Gasteiger partial charge in [-0.1, -0.05) is 17.7 Å².